The van der Waals surface area contributed by atoms with Crippen LogP contribution in [-0.4, -0.2) is 16.1 Å². The molecule has 0 aliphatic heterocycles. The van der Waals surface area contributed by atoms with Crippen molar-refractivity contribution in [1.29, 1.82) is 0 Å². The first-order valence-electron chi connectivity index (χ1n) is 5.43. The van der Waals surface area contributed by atoms with Gasteiger partial charge in [0.1, 0.15) is 5.76 Å². The zero-order valence-corrected chi connectivity index (χ0v) is 8.61. The second-order valence-electron chi connectivity index (χ2n) is 4.14. The molecule has 0 saturated heterocycles. The number of hydrogen-bond donors (Lipinski definition) is 1. The van der Waals surface area contributed by atoms with E-state index in [2.05, 4.69) is 4.98 Å². The third kappa shape index (κ3) is 2.37. The van der Waals surface area contributed by atoms with Gasteiger partial charge >= 0.3 is 5.97 Å². The molecule has 0 radical (unpaired) electrons. The fourth-order valence-corrected chi connectivity index (χ4v) is 2.24. The Labute approximate surface area is 88.3 Å². The molecule has 4 heteroatoms. The molecule has 1 saturated carbocycles. The molecule has 82 valence electrons. The quantitative estimate of drug-likeness (QED) is 0.830. The average Bonchev–Trinajstić information content (AvgIpc) is 2.67. The van der Waals surface area contributed by atoms with E-state index in [4.69, 9.17) is 9.52 Å². The number of carboxylic acid groups (broad SMARTS) is 1. The maximum Gasteiger partial charge on any atom is 0.358 e. The topological polar surface area (TPSA) is 63.3 Å². The summed E-state index contributed by atoms with van der Waals surface area (Å²) < 4.78 is 5.14. The van der Waals surface area contributed by atoms with Crippen molar-refractivity contribution in [1.82, 2.24) is 4.98 Å². The highest BCUT2D eigenvalue weighted by molar-refractivity contribution is 5.86. The van der Waals surface area contributed by atoms with Crippen LogP contribution in [0, 0.1) is 5.92 Å². The summed E-state index contributed by atoms with van der Waals surface area (Å²) in [7, 11) is 0. The summed E-state index contributed by atoms with van der Waals surface area (Å²) in [4.78, 5) is 14.5. The fraction of sp³-hybridized carbons (Fsp3) is 0.636. The maximum atomic E-state index is 10.8. The SMILES string of the molecule is O=C(O)c1ncoc1CC1CCCCC1. The number of aromatic carboxylic acids is 1. The van der Waals surface area contributed by atoms with Gasteiger partial charge in [0.15, 0.2) is 12.1 Å². The summed E-state index contributed by atoms with van der Waals surface area (Å²) in [5, 5.41) is 8.86. The number of carbonyl (C=O) groups is 1. The highest BCUT2D eigenvalue weighted by Crippen LogP contribution is 2.27. The highest BCUT2D eigenvalue weighted by atomic mass is 16.4. The summed E-state index contributed by atoms with van der Waals surface area (Å²) in [6, 6.07) is 0. The van der Waals surface area contributed by atoms with Gasteiger partial charge in [-0.2, -0.15) is 0 Å². The number of aromatic nitrogens is 1. The molecule has 1 aromatic rings. The predicted molar refractivity (Wildman–Crippen MR) is 53.7 cm³/mol. The Morgan fingerprint density at radius 3 is 2.87 bits per heavy atom. The van der Waals surface area contributed by atoms with Crippen LogP contribution in [0.25, 0.3) is 0 Å². The Bertz CT molecular complexity index is 339. The van der Waals surface area contributed by atoms with E-state index in [1.807, 2.05) is 0 Å². The van der Waals surface area contributed by atoms with Crippen molar-refractivity contribution in [2.45, 2.75) is 38.5 Å². The number of nitrogens with zero attached hydrogens (tertiary/aromatic N) is 1. The van der Waals surface area contributed by atoms with Gasteiger partial charge in [0.25, 0.3) is 0 Å². The molecule has 15 heavy (non-hydrogen) atoms. The van der Waals surface area contributed by atoms with Gasteiger partial charge in [-0.15, -0.1) is 0 Å². The third-order valence-corrected chi connectivity index (χ3v) is 3.04. The molecule has 1 aliphatic rings. The van der Waals surface area contributed by atoms with Crippen LogP contribution in [0.3, 0.4) is 0 Å². The van der Waals surface area contributed by atoms with Crippen molar-refractivity contribution in [3.05, 3.63) is 17.8 Å². The highest BCUT2D eigenvalue weighted by Gasteiger charge is 2.21. The Morgan fingerprint density at radius 1 is 1.47 bits per heavy atom. The van der Waals surface area contributed by atoms with E-state index < -0.39 is 5.97 Å². The smallest absolute Gasteiger partial charge is 0.358 e. The molecule has 0 atom stereocenters. The minimum absolute atomic E-state index is 0.0839. The third-order valence-electron chi connectivity index (χ3n) is 3.04. The molecule has 1 N–H and O–H groups in total. The molecular weight excluding hydrogens is 194 g/mol. The second kappa shape index (κ2) is 4.47. The lowest BCUT2D eigenvalue weighted by atomic mass is 9.86. The molecule has 4 nitrogen and oxygen atoms in total. The van der Waals surface area contributed by atoms with Crippen molar-refractivity contribution < 1.29 is 14.3 Å². The van der Waals surface area contributed by atoms with E-state index in [0.29, 0.717) is 11.7 Å². The van der Waals surface area contributed by atoms with Crippen LogP contribution in [0.2, 0.25) is 0 Å². The summed E-state index contributed by atoms with van der Waals surface area (Å²) >= 11 is 0. The van der Waals surface area contributed by atoms with Gasteiger partial charge in [0.2, 0.25) is 0 Å². The minimum atomic E-state index is -0.991. The standard InChI is InChI=1S/C11H15NO3/c13-11(14)10-9(15-7-12-10)6-8-4-2-1-3-5-8/h7-8H,1-6H2,(H,13,14). The molecule has 1 aliphatic carbocycles. The molecule has 0 spiro atoms. The number of carboxylic acids is 1. The lowest BCUT2D eigenvalue weighted by Crippen LogP contribution is -2.11. The van der Waals surface area contributed by atoms with Crippen molar-refractivity contribution in [3.63, 3.8) is 0 Å². The normalized spacial score (nSPS) is 17.9. The monoisotopic (exact) mass is 209 g/mol. The van der Waals surface area contributed by atoms with Gasteiger partial charge in [0, 0.05) is 6.42 Å². The maximum absolute atomic E-state index is 10.8. The molecule has 1 aromatic heterocycles. The first-order chi connectivity index (χ1) is 7.27. The van der Waals surface area contributed by atoms with Crippen LogP contribution in [-0.2, 0) is 6.42 Å². The summed E-state index contributed by atoms with van der Waals surface area (Å²) in [6.07, 6.45) is 8.11. The average molecular weight is 209 g/mol. The molecular formula is C11H15NO3. The van der Waals surface area contributed by atoms with E-state index in [1.54, 1.807) is 0 Å². The van der Waals surface area contributed by atoms with Crippen LogP contribution in [0.4, 0.5) is 0 Å². The van der Waals surface area contributed by atoms with Gasteiger partial charge in [0.05, 0.1) is 0 Å². The molecule has 2 rings (SSSR count). The van der Waals surface area contributed by atoms with Crippen LogP contribution in [0.15, 0.2) is 10.8 Å². The largest absolute Gasteiger partial charge is 0.476 e. The minimum Gasteiger partial charge on any atom is -0.476 e. The van der Waals surface area contributed by atoms with Crippen LogP contribution >= 0.6 is 0 Å². The van der Waals surface area contributed by atoms with E-state index in [-0.39, 0.29) is 5.69 Å². The van der Waals surface area contributed by atoms with Gasteiger partial charge < -0.3 is 9.52 Å². The van der Waals surface area contributed by atoms with Crippen LogP contribution < -0.4 is 0 Å². The molecule has 1 fully saturated rings. The number of hydrogen-bond acceptors (Lipinski definition) is 3. The Morgan fingerprint density at radius 2 is 2.20 bits per heavy atom. The van der Waals surface area contributed by atoms with Gasteiger partial charge in [-0.1, -0.05) is 32.1 Å². The molecule has 0 bridgehead atoms. The zero-order chi connectivity index (χ0) is 10.7. The Kier molecular flexibility index (Phi) is 3.04. The Hall–Kier alpha value is -1.32. The van der Waals surface area contributed by atoms with Gasteiger partial charge in [-0.25, -0.2) is 9.78 Å². The lowest BCUT2D eigenvalue weighted by Gasteiger charge is -2.20. The summed E-state index contributed by atoms with van der Waals surface area (Å²) in [5.74, 6) is 0.119. The summed E-state index contributed by atoms with van der Waals surface area (Å²) in [5.41, 5.74) is 0.0839. The molecule has 0 aromatic carbocycles. The van der Waals surface area contributed by atoms with Gasteiger partial charge in [-0.05, 0) is 5.92 Å². The molecule has 1 heterocycles. The Balaban J connectivity index is 2.03. The van der Waals surface area contributed by atoms with E-state index in [1.165, 1.54) is 38.5 Å². The number of oxazole rings is 1. The lowest BCUT2D eigenvalue weighted by molar-refractivity contribution is 0.0688. The first kappa shape index (κ1) is 10.2. The predicted octanol–water partition coefficient (Wildman–Crippen LogP) is 2.50. The van der Waals surface area contributed by atoms with Crippen molar-refractivity contribution >= 4 is 5.97 Å². The number of rotatable bonds is 3. The second-order valence-corrected chi connectivity index (χ2v) is 4.14. The van der Waals surface area contributed by atoms with Crippen molar-refractivity contribution in [3.8, 4) is 0 Å². The molecule has 0 amide bonds. The van der Waals surface area contributed by atoms with Crippen molar-refractivity contribution in [2.75, 3.05) is 0 Å². The summed E-state index contributed by atoms with van der Waals surface area (Å²) in [6.45, 7) is 0. The van der Waals surface area contributed by atoms with Gasteiger partial charge in [-0.3, -0.25) is 0 Å². The zero-order valence-electron chi connectivity index (χ0n) is 8.61. The van der Waals surface area contributed by atoms with E-state index in [9.17, 15) is 4.79 Å². The molecule has 0 unspecified atom stereocenters. The fourth-order valence-electron chi connectivity index (χ4n) is 2.24. The first-order valence-corrected chi connectivity index (χ1v) is 5.43. The van der Waals surface area contributed by atoms with Crippen molar-refractivity contribution in [2.24, 2.45) is 5.92 Å². The van der Waals surface area contributed by atoms with E-state index >= 15 is 0 Å². The van der Waals surface area contributed by atoms with Crippen LogP contribution in [0.1, 0.15) is 48.4 Å². The van der Waals surface area contributed by atoms with E-state index in [0.717, 1.165) is 6.42 Å². The van der Waals surface area contributed by atoms with Crippen LogP contribution in [0.5, 0.6) is 0 Å².